The maximum atomic E-state index is 6.15. The zero-order valence-corrected chi connectivity index (χ0v) is 15.7. The Bertz CT molecular complexity index is 629. The number of aromatic amines is 1. The molecule has 0 spiro atoms. The average molecular weight is 400 g/mol. The lowest BCUT2D eigenvalue weighted by molar-refractivity contribution is 0.120. The maximum absolute atomic E-state index is 6.15. The Morgan fingerprint density at radius 3 is 3.00 bits per heavy atom. The third-order valence-corrected chi connectivity index (χ3v) is 4.88. The molecule has 4 nitrogen and oxygen atoms in total. The van der Waals surface area contributed by atoms with E-state index < -0.39 is 0 Å². The monoisotopic (exact) mass is 398 g/mol. The highest BCUT2D eigenvalue weighted by atomic mass is 79.9. The SMILES string of the molecule is CC(N)C1CCCCN1Cc1ncc(-c2cccc(Br)c2)[nH]1.Cl. The van der Waals surface area contributed by atoms with Crippen LogP contribution in [0, 0.1) is 0 Å². The van der Waals surface area contributed by atoms with E-state index in [1.165, 1.54) is 19.3 Å². The summed E-state index contributed by atoms with van der Waals surface area (Å²) in [7, 11) is 0. The molecule has 2 atom stereocenters. The number of nitrogens with two attached hydrogens (primary N) is 1. The molecule has 3 rings (SSSR count). The fourth-order valence-corrected chi connectivity index (χ4v) is 3.65. The second-order valence-corrected chi connectivity index (χ2v) is 7.06. The van der Waals surface area contributed by atoms with Crippen LogP contribution in [0.3, 0.4) is 0 Å². The molecule has 6 heteroatoms. The van der Waals surface area contributed by atoms with E-state index in [4.69, 9.17) is 5.73 Å². The molecular weight excluding hydrogens is 376 g/mol. The van der Waals surface area contributed by atoms with Gasteiger partial charge in [-0.3, -0.25) is 4.90 Å². The predicted octanol–water partition coefficient (Wildman–Crippen LogP) is 3.96. The molecule has 1 fully saturated rings. The molecule has 0 amide bonds. The normalized spacial score (nSPS) is 20.0. The van der Waals surface area contributed by atoms with Crippen molar-refractivity contribution in [2.75, 3.05) is 6.54 Å². The highest BCUT2D eigenvalue weighted by molar-refractivity contribution is 9.10. The number of piperidine rings is 1. The van der Waals surface area contributed by atoms with Crippen molar-refractivity contribution >= 4 is 28.3 Å². The number of rotatable bonds is 4. The third-order valence-electron chi connectivity index (χ3n) is 4.39. The van der Waals surface area contributed by atoms with Gasteiger partial charge in [0.15, 0.2) is 0 Å². The standard InChI is InChI=1S/C17H23BrN4.ClH/c1-12(19)16-7-2-3-8-22(16)11-17-20-10-15(21-17)13-5-4-6-14(18)9-13;/h4-6,9-10,12,16H,2-3,7-8,11,19H2,1H3,(H,20,21);1H. The Balaban J connectivity index is 0.00000192. The quantitative estimate of drug-likeness (QED) is 0.818. The summed E-state index contributed by atoms with van der Waals surface area (Å²) < 4.78 is 1.08. The summed E-state index contributed by atoms with van der Waals surface area (Å²) in [5.41, 5.74) is 8.36. The maximum Gasteiger partial charge on any atom is 0.120 e. The van der Waals surface area contributed by atoms with Gasteiger partial charge in [0.25, 0.3) is 0 Å². The van der Waals surface area contributed by atoms with Crippen molar-refractivity contribution in [1.82, 2.24) is 14.9 Å². The molecule has 0 saturated carbocycles. The number of imidazole rings is 1. The number of benzene rings is 1. The van der Waals surface area contributed by atoms with Crippen molar-refractivity contribution in [1.29, 1.82) is 0 Å². The van der Waals surface area contributed by atoms with Gasteiger partial charge in [-0.1, -0.05) is 34.5 Å². The molecule has 2 unspecified atom stereocenters. The predicted molar refractivity (Wildman–Crippen MR) is 101 cm³/mol. The summed E-state index contributed by atoms with van der Waals surface area (Å²) in [6, 6.07) is 8.93. The summed E-state index contributed by atoms with van der Waals surface area (Å²) in [6.07, 6.45) is 5.64. The smallest absolute Gasteiger partial charge is 0.120 e. The molecular formula is C17H24BrClN4. The number of hydrogen-bond donors (Lipinski definition) is 2. The summed E-state index contributed by atoms with van der Waals surface area (Å²) in [4.78, 5) is 10.5. The summed E-state index contributed by atoms with van der Waals surface area (Å²) in [5.74, 6) is 1.02. The first-order valence-electron chi connectivity index (χ1n) is 7.93. The van der Waals surface area contributed by atoms with Crippen LogP contribution in [-0.4, -0.2) is 33.5 Å². The van der Waals surface area contributed by atoms with Crippen LogP contribution < -0.4 is 5.73 Å². The van der Waals surface area contributed by atoms with E-state index >= 15 is 0 Å². The number of H-pyrrole nitrogens is 1. The van der Waals surface area contributed by atoms with Crippen LogP contribution in [0.5, 0.6) is 0 Å². The summed E-state index contributed by atoms with van der Waals surface area (Å²) in [5, 5.41) is 0. The molecule has 1 aromatic carbocycles. The Hall–Kier alpha value is -0.880. The van der Waals surface area contributed by atoms with Crippen LogP contribution in [-0.2, 0) is 6.54 Å². The van der Waals surface area contributed by atoms with Crippen molar-refractivity contribution in [2.24, 2.45) is 5.73 Å². The van der Waals surface area contributed by atoms with Gasteiger partial charge < -0.3 is 10.7 Å². The Morgan fingerprint density at radius 2 is 2.26 bits per heavy atom. The van der Waals surface area contributed by atoms with E-state index in [1.807, 2.05) is 18.3 Å². The van der Waals surface area contributed by atoms with E-state index in [-0.39, 0.29) is 18.4 Å². The highest BCUT2D eigenvalue weighted by Crippen LogP contribution is 2.24. The Morgan fingerprint density at radius 1 is 1.43 bits per heavy atom. The van der Waals surface area contributed by atoms with Gasteiger partial charge in [0.2, 0.25) is 0 Å². The molecule has 1 aliphatic heterocycles. The lowest BCUT2D eigenvalue weighted by Crippen LogP contribution is -2.48. The Labute approximate surface area is 152 Å². The molecule has 23 heavy (non-hydrogen) atoms. The van der Waals surface area contributed by atoms with Gasteiger partial charge in [0.1, 0.15) is 5.82 Å². The van der Waals surface area contributed by atoms with Crippen LogP contribution in [0.4, 0.5) is 0 Å². The van der Waals surface area contributed by atoms with Gasteiger partial charge >= 0.3 is 0 Å². The minimum atomic E-state index is 0. The van der Waals surface area contributed by atoms with Crippen molar-refractivity contribution in [3.8, 4) is 11.3 Å². The average Bonchev–Trinajstić information content (AvgIpc) is 2.96. The van der Waals surface area contributed by atoms with Gasteiger partial charge in [-0.05, 0) is 38.4 Å². The van der Waals surface area contributed by atoms with Crippen LogP contribution in [0.15, 0.2) is 34.9 Å². The fraction of sp³-hybridized carbons (Fsp3) is 0.471. The zero-order chi connectivity index (χ0) is 15.5. The van der Waals surface area contributed by atoms with Crippen LogP contribution >= 0.6 is 28.3 Å². The largest absolute Gasteiger partial charge is 0.341 e. The molecule has 2 heterocycles. The second kappa shape index (κ2) is 8.29. The van der Waals surface area contributed by atoms with Crippen LogP contribution in [0.1, 0.15) is 32.0 Å². The van der Waals surface area contributed by atoms with Gasteiger partial charge in [0, 0.05) is 22.1 Å². The number of nitrogens with zero attached hydrogens (tertiary/aromatic N) is 2. The molecule has 2 aromatic rings. The molecule has 1 aliphatic rings. The van der Waals surface area contributed by atoms with E-state index in [0.717, 1.165) is 34.6 Å². The van der Waals surface area contributed by atoms with Crippen LogP contribution in [0.25, 0.3) is 11.3 Å². The minimum absolute atomic E-state index is 0. The highest BCUT2D eigenvalue weighted by Gasteiger charge is 2.25. The minimum Gasteiger partial charge on any atom is -0.341 e. The summed E-state index contributed by atoms with van der Waals surface area (Å²) >= 11 is 3.51. The number of halogens is 2. The molecule has 1 saturated heterocycles. The number of aromatic nitrogens is 2. The van der Waals surface area contributed by atoms with Crippen LogP contribution in [0.2, 0.25) is 0 Å². The van der Waals surface area contributed by atoms with Gasteiger partial charge in [-0.15, -0.1) is 12.4 Å². The second-order valence-electron chi connectivity index (χ2n) is 6.15. The number of nitrogens with one attached hydrogen (secondary N) is 1. The molecule has 1 aromatic heterocycles. The van der Waals surface area contributed by atoms with Gasteiger partial charge in [0.05, 0.1) is 18.4 Å². The van der Waals surface area contributed by atoms with Crippen molar-refractivity contribution < 1.29 is 0 Å². The lowest BCUT2D eigenvalue weighted by Gasteiger charge is -2.37. The van der Waals surface area contributed by atoms with Crippen molar-refractivity contribution in [3.63, 3.8) is 0 Å². The molecule has 0 bridgehead atoms. The molecule has 126 valence electrons. The molecule has 0 radical (unpaired) electrons. The number of hydrogen-bond acceptors (Lipinski definition) is 3. The van der Waals surface area contributed by atoms with E-state index in [9.17, 15) is 0 Å². The van der Waals surface area contributed by atoms with E-state index in [0.29, 0.717) is 6.04 Å². The molecule has 3 N–H and O–H groups in total. The van der Waals surface area contributed by atoms with E-state index in [1.54, 1.807) is 0 Å². The topological polar surface area (TPSA) is 57.9 Å². The Kier molecular flexibility index (Phi) is 6.65. The van der Waals surface area contributed by atoms with Gasteiger partial charge in [-0.25, -0.2) is 4.98 Å². The zero-order valence-electron chi connectivity index (χ0n) is 13.3. The van der Waals surface area contributed by atoms with Crippen molar-refractivity contribution in [2.45, 2.75) is 44.8 Å². The number of likely N-dealkylation sites (tertiary alicyclic amines) is 1. The lowest BCUT2D eigenvalue weighted by atomic mass is 9.97. The first-order chi connectivity index (χ1) is 10.6. The van der Waals surface area contributed by atoms with Crippen molar-refractivity contribution in [3.05, 3.63) is 40.8 Å². The first kappa shape index (κ1) is 18.5. The first-order valence-corrected chi connectivity index (χ1v) is 8.72. The van der Waals surface area contributed by atoms with Gasteiger partial charge in [-0.2, -0.15) is 0 Å². The fourth-order valence-electron chi connectivity index (χ4n) is 3.25. The third kappa shape index (κ3) is 4.57. The van der Waals surface area contributed by atoms with E-state index in [2.05, 4.69) is 49.9 Å². The summed E-state index contributed by atoms with van der Waals surface area (Å²) in [6.45, 7) is 4.07. The molecule has 0 aliphatic carbocycles.